The van der Waals surface area contributed by atoms with Crippen molar-refractivity contribution in [3.63, 3.8) is 0 Å². The maximum absolute atomic E-state index is 13.0. The first kappa shape index (κ1) is 21.2. The highest BCUT2D eigenvalue weighted by Crippen LogP contribution is 2.17. The molecule has 0 fully saturated rings. The second-order valence-corrected chi connectivity index (χ2v) is 9.25. The number of hydrogen-bond acceptors (Lipinski definition) is 3. The lowest BCUT2D eigenvalue weighted by atomic mass is 10.1. The molecule has 3 aromatic carbocycles. The third-order valence-electron chi connectivity index (χ3n) is 4.42. The predicted octanol–water partition coefficient (Wildman–Crippen LogP) is 4.29. The number of sulfonamides is 1. The summed E-state index contributed by atoms with van der Waals surface area (Å²) in [4.78, 5) is 13.1. The molecule has 0 spiro atoms. The van der Waals surface area contributed by atoms with Gasteiger partial charge in [-0.25, -0.2) is 8.42 Å². The van der Waals surface area contributed by atoms with E-state index >= 15 is 0 Å². The van der Waals surface area contributed by atoms with Crippen LogP contribution in [0.5, 0.6) is 0 Å². The van der Waals surface area contributed by atoms with E-state index in [1.54, 1.807) is 18.2 Å². The molecule has 150 valence electrons. The number of halogens is 1. The van der Waals surface area contributed by atoms with Crippen LogP contribution in [-0.4, -0.2) is 20.4 Å². The van der Waals surface area contributed by atoms with Crippen molar-refractivity contribution in [1.29, 1.82) is 0 Å². The molecule has 1 atom stereocenters. The van der Waals surface area contributed by atoms with Gasteiger partial charge in [-0.15, -0.1) is 0 Å². The fraction of sp³-hybridized carbons (Fsp3) is 0.136. The van der Waals surface area contributed by atoms with Gasteiger partial charge in [0.05, 0.1) is 4.90 Å². The molecule has 0 saturated heterocycles. The Balaban J connectivity index is 1.87. The number of rotatable bonds is 7. The summed E-state index contributed by atoms with van der Waals surface area (Å²) in [5, 5.41) is 2.84. The highest BCUT2D eigenvalue weighted by atomic mass is 79.9. The number of hydrogen-bond donors (Lipinski definition) is 2. The van der Waals surface area contributed by atoms with Gasteiger partial charge in [-0.1, -0.05) is 64.5 Å². The van der Waals surface area contributed by atoms with Crippen LogP contribution in [0.4, 0.5) is 5.69 Å². The second-order valence-electron chi connectivity index (χ2n) is 6.62. The Labute approximate surface area is 179 Å². The molecule has 0 heterocycles. The van der Waals surface area contributed by atoms with Crippen LogP contribution in [0.3, 0.4) is 0 Å². The van der Waals surface area contributed by atoms with Crippen LogP contribution in [-0.2, 0) is 21.2 Å². The standard InChI is InChI=1S/C22H21BrN2O3S/c1-16-7-5-6-10-20(16)24-22(26)21(15-17-8-3-2-4-9-17)25-29(27,28)19-13-11-18(23)12-14-19/h2-14,21,25H,15H2,1H3,(H,24,26). The van der Waals surface area contributed by atoms with E-state index < -0.39 is 22.0 Å². The summed E-state index contributed by atoms with van der Waals surface area (Å²) in [5.74, 6) is -0.413. The molecule has 29 heavy (non-hydrogen) atoms. The number of amides is 1. The average Bonchev–Trinajstić information content (AvgIpc) is 2.70. The molecular weight excluding hydrogens is 452 g/mol. The number of aryl methyl sites for hydroxylation is 1. The maximum Gasteiger partial charge on any atom is 0.242 e. The lowest BCUT2D eigenvalue weighted by molar-refractivity contribution is -0.117. The van der Waals surface area contributed by atoms with Gasteiger partial charge in [0, 0.05) is 10.2 Å². The molecule has 0 bridgehead atoms. The van der Waals surface area contributed by atoms with Crippen LogP contribution in [0.2, 0.25) is 0 Å². The molecule has 0 aliphatic rings. The Hall–Kier alpha value is -2.48. The van der Waals surface area contributed by atoms with Crippen molar-refractivity contribution in [2.24, 2.45) is 0 Å². The zero-order valence-corrected chi connectivity index (χ0v) is 18.2. The number of nitrogens with one attached hydrogen (secondary N) is 2. The fourth-order valence-electron chi connectivity index (χ4n) is 2.84. The van der Waals surface area contributed by atoms with Crippen LogP contribution in [0.15, 0.2) is 88.2 Å². The highest BCUT2D eigenvalue weighted by molar-refractivity contribution is 9.10. The second kappa shape index (κ2) is 9.35. The van der Waals surface area contributed by atoms with Gasteiger partial charge in [-0.2, -0.15) is 4.72 Å². The molecule has 0 aromatic heterocycles. The first-order valence-electron chi connectivity index (χ1n) is 9.03. The fourth-order valence-corrected chi connectivity index (χ4v) is 4.30. The van der Waals surface area contributed by atoms with Crippen LogP contribution in [0.25, 0.3) is 0 Å². The summed E-state index contributed by atoms with van der Waals surface area (Å²) in [6, 6.07) is 22.0. The molecule has 7 heteroatoms. The van der Waals surface area contributed by atoms with Crippen molar-refractivity contribution in [3.8, 4) is 0 Å². The van der Waals surface area contributed by atoms with Gasteiger partial charge in [0.15, 0.2) is 0 Å². The Morgan fingerprint density at radius 1 is 0.931 bits per heavy atom. The summed E-state index contributed by atoms with van der Waals surface area (Å²) < 4.78 is 29.1. The van der Waals surface area contributed by atoms with E-state index in [1.165, 1.54) is 12.1 Å². The first-order chi connectivity index (χ1) is 13.8. The zero-order valence-electron chi connectivity index (χ0n) is 15.8. The third kappa shape index (κ3) is 5.76. The topological polar surface area (TPSA) is 75.3 Å². The van der Waals surface area contributed by atoms with E-state index in [2.05, 4.69) is 26.0 Å². The van der Waals surface area contributed by atoms with Crippen molar-refractivity contribution in [3.05, 3.63) is 94.5 Å². The number of carbonyl (C=O) groups is 1. The monoisotopic (exact) mass is 472 g/mol. The minimum Gasteiger partial charge on any atom is -0.324 e. The largest absolute Gasteiger partial charge is 0.324 e. The molecule has 0 radical (unpaired) electrons. The lowest BCUT2D eigenvalue weighted by Crippen LogP contribution is -2.45. The van der Waals surface area contributed by atoms with Crippen LogP contribution >= 0.6 is 15.9 Å². The molecule has 0 aliphatic carbocycles. The lowest BCUT2D eigenvalue weighted by Gasteiger charge is -2.19. The Kier molecular flexibility index (Phi) is 6.84. The molecule has 3 aromatic rings. The minimum atomic E-state index is -3.88. The highest BCUT2D eigenvalue weighted by Gasteiger charge is 2.26. The molecule has 0 saturated carbocycles. The van der Waals surface area contributed by atoms with Gasteiger partial charge < -0.3 is 5.32 Å². The Morgan fingerprint density at radius 2 is 1.55 bits per heavy atom. The smallest absolute Gasteiger partial charge is 0.242 e. The maximum atomic E-state index is 13.0. The van der Waals surface area contributed by atoms with Gasteiger partial charge in [0.25, 0.3) is 0 Å². The number of anilines is 1. The summed E-state index contributed by atoms with van der Waals surface area (Å²) >= 11 is 3.29. The van der Waals surface area contributed by atoms with Crippen molar-refractivity contribution < 1.29 is 13.2 Å². The number of benzene rings is 3. The zero-order chi connectivity index (χ0) is 20.9. The molecule has 0 aliphatic heterocycles. The van der Waals surface area contributed by atoms with Crippen LogP contribution in [0, 0.1) is 6.92 Å². The summed E-state index contributed by atoms with van der Waals surface area (Å²) in [7, 11) is -3.88. The predicted molar refractivity (Wildman–Crippen MR) is 118 cm³/mol. The van der Waals surface area contributed by atoms with Crippen molar-refractivity contribution in [1.82, 2.24) is 4.72 Å². The van der Waals surface area contributed by atoms with Gasteiger partial charge in [-0.3, -0.25) is 4.79 Å². The van der Waals surface area contributed by atoms with E-state index in [-0.39, 0.29) is 11.3 Å². The van der Waals surface area contributed by atoms with E-state index in [4.69, 9.17) is 0 Å². The van der Waals surface area contributed by atoms with E-state index in [1.807, 2.05) is 55.5 Å². The van der Waals surface area contributed by atoms with Crippen LogP contribution < -0.4 is 10.0 Å². The van der Waals surface area contributed by atoms with Crippen LogP contribution in [0.1, 0.15) is 11.1 Å². The molecular formula is C22H21BrN2O3S. The van der Waals surface area contributed by atoms with Crippen molar-refractivity contribution in [2.45, 2.75) is 24.3 Å². The van der Waals surface area contributed by atoms with Gasteiger partial charge in [0.1, 0.15) is 6.04 Å². The quantitative estimate of drug-likeness (QED) is 0.538. The van der Waals surface area contributed by atoms with Crippen molar-refractivity contribution in [2.75, 3.05) is 5.32 Å². The number of para-hydroxylation sites is 1. The molecule has 1 amide bonds. The Morgan fingerprint density at radius 3 is 2.21 bits per heavy atom. The normalized spacial score (nSPS) is 12.3. The van der Waals surface area contributed by atoms with Crippen molar-refractivity contribution >= 4 is 37.5 Å². The van der Waals surface area contributed by atoms with Gasteiger partial charge >= 0.3 is 0 Å². The van der Waals surface area contributed by atoms with Gasteiger partial charge in [0.2, 0.25) is 15.9 Å². The minimum absolute atomic E-state index is 0.0995. The average molecular weight is 473 g/mol. The molecule has 1 unspecified atom stereocenters. The summed E-state index contributed by atoms with van der Waals surface area (Å²) in [6.45, 7) is 1.88. The SMILES string of the molecule is Cc1ccccc1NC(=O)C(Cc1ccccc1)NS(=O)(=O)c1ccc(Br)cc1. The number of carbonyl (C=O) groups excluding carboxylic acids is 1. The summed E-state index contributed by atoms with van der Waals surface area (Å²) in [5.41, 5.74) is 2.41. The van der Waals surface area contributed by atoms with Gasteiger partial charge in [-0.05, 0) is 54.8 Å². The molecule has 3 rings (SSSR count). The first-order valence-corrected chi connectivity index (χ1v) is 11.3. The third-order valence-corrected chi connectivity index (χ3v) is 6.44. The van der Waals surface area contributed by atoms with E-state index in [0.717, 1.165) is 15.6 Å². The summed E-state index contributed by atoms with van der Waals surface area (Å²) in [6.07, 6.45) is 0.230. The Bertz CT molecular complexity index is 1080. The van der Waals surface area contributed by atoms with E-state index in [9.17, 15) is 13.2 Å². The van der Waals surface area contributed by atoms with E-state index in [0.29, 0.717) is 5.69 Å². The molecule has 5 nitrogen and oxygen atoms in total. The molecule has 2 N–H and O–H groups in total.